The average molecular weight is 1270 g/mol. The lowest BCUT2D eigenvalue weighted by Crippen LogP contribution is -2.45. The summed E-state index contributed by atoms with van der Waals surface area (Å²) in [5, 5.41) is 23.3. The van der Waals surface area contributed by atoms with Crippen LogP contribution in [0.5, 0.6) is 0 Å². The number of ether oxygens (including phenoxy) is 1. The van der Waals surface area contributed by atoms with E-state index in [-0.39, 0.29) is 18.5 Å². The van der Waals surface area contributed by atoms with E-state index in [1.54, 1.807) is 6.08 Å². The topological polar surface area (TPSA) is 95.9 Å². The van der Waals surface area contributed by atoms with Crippen LogP contribution in [-0.2, 0) is 14.3 Å². The molecule has 0 aromatic carbocycles. The van der Waals surface area contributed by atoms with Crippen LogP contribution < -0.4 is 5.32 Å². The predicted molar refractivity (Wildman–Crippen MR) is 398 cm³/mol. The molecule has 0 rings (SSSR count). The summed E-state index contributed by atoms with van der Waals surface area (Å²) in [6, 6.07) is -0.625. The SMILES string of the molecule is CCCCCCCCCCCCCCCCCCCCC/C=C/C(O)C(CO)NC(=O)CCCCCCCCCCCCCCCCCCC/C=C\CCCCCCCCCCCCCCCCCCCCOC(=O)CCCCCCCCCCCCCCC. The van der Waals surface area contributed by atoms with Crippen LogP contribution in [0.1, 0.15) is 476 Å². The first-order valence-electron chi connectivity index (χ1n) is 41.6. The molecule has 0 aliphatic heterocycles. The molecule has 0 aliphatic carbocycles. The Kier molecular flexibility index (Phi) is 78.3. The Balaban J connectivity index is 3.34. The number of hydrogen-bond donors (Lipinski definition) is 3. The van der Waals surface area contributed by atoms with Gasteiger partial charge in [0.25, 0.3) is 0 Å². The highest BCUT2D eigenvalue weighted by molar-refractivity contribution is 5.76. The molecule has 0 radical (unpaired) electrons. The zero-order chi connectivity index (χ0) is 64.9. The van der Waals surface area contributed by atoms with Crippen molar-refractivity contribution in [1.29, 1.82) is 0 Å². The number of aliphatic hydroxyl groups is 2. The molecule has 0 saturated carbocycles. The quantitative estimate of drug-likeness (QED) is 0.0320. The summed E-state index contributed by atoms with van der Waals surface area (Å²) >= 11 is 0. The highest BCUT2D eigenvalue weighted by Gasteiger charge is 2.18. The fourth-order valence-corrected chi connectivity index (χ4v) is 13.4. The summed E-state index contributed by atoms with van der Waals surface area (Å²) in [6.07, 6.45) is 103. The van der Waals surface area contributed by atoms with Gasteiger partial charge in [0.1, 0.15) is 0 Å². The minimum Gasteiger partial charge on any atom is -0.466 e. The van der Waals surface area contributed by atoms with Gasteiger partial charge in [-0.05, 0) is 57.8 Å². The first kappa shape index (κ1) is 88.3. The largest absolute Gasteiger partial charge is 0.466 e. The lowest BCUT2D eigenvalue weighted by atomic mass is 10.0. The molecule has 0 aromatic heterocycles. The third-order valence-electron chi connectivity index (χ3n) is 19.7. The number of nitrogens with one attached hydrogen (secondary N) is 1. The molecule has 534 valence electrons. The van der Waals surface area contributed by atoms with E-state index in [9.17, 15) is 19.8 Å². The number of rotatable bonds is 79. The normalized spacial score (nSPS) is 12.5. The van der Waals surface area contributed by atoms with Gasteiger partial charge in [0.15, 0.2) is 0 Å². The molecule has 3 N–H and O–H groups in total. The van der Waals surface area contributed by atoms with Crippen LogP contribution in [0.3, 0.4) is 0 Å². The second-order valence-electron chi connectivity index (χ2n) is 28.8. The van der Waals surface area contributed by atoms with E-state index >= 15 is 0 Å². The summed E-state index contributed by atoms with van der Waals surface area (Å²) in [4.78, 5) is 24.6. The van der Waals surface area contributed by atoms with Gasteiger partial charge < -0.3 is 20.3 Å². The minimum atomic E-state index is -0.842. The monoisotopic (exact) mass is 1270 g/mol. The van der Waals surface area contributed by atoms with Gasteiger partial charge in [0.2, 0.25) is 5.91 Å². The number of hydrogen-bond acceptors (Lipinski definition) is 5. The molecule has 0 spiro atoms. The predicted octanol–water partition coefficient (Wildman–Crippen LogP) is 27.6. The highest BCUT2D eigenvalue weighted by Crippen LogP contribution is 2.20. The molecule has 2 unspecified atom stereocenters. The van der Waals surface area contributed by atoms with Gasteiger partial charge in [-0.1, -0.05) is 430 Å². The van der Waals surface area contributed by atoms with Crippen molar-refractivity contribution >= 4 is 11.9 Å². The Labute approximate surface area is 564 Å². The third kappa shape index (κ3) is 75.4. The molecule has 0 fully saturated rings. The summed E-state index contributed by atoms with van der Waals surface area (Å²) in [5.74, 6) is -0.0337. The third-order valence-corrected chi connectivity index (χ3v) is 19.7. The van der Waals surface area contributed by atoms with E-state index in [2.05, 4.69) is 31.3 Å². The molecule has 0 bridgehead atoms. The maximum atomic E-state index is 12.5. The Hall–Kier alpha value is -1.66. The zero-order valence-electron chi connectivity index (χ0n) is 61.4. The van der Waals surface area contributed by atoms with Gasteiger partial charge in [0, 0.05) is 12.8 Å². The van der Waals surface area contributed by atoms with Gasteiger partial charge in [-0.15, -0.1) is 0 Å². The Morgan fingerprint density at radius 1 is 0.300 bits per heavy atom. The van der Waals surface area contributed by atoms with Crippen LogP contribution in [-0.4, -0.2) is 47.4 Å². The van der Waals surface area contributed by atoms with Crippen molar-refractivity contribution in [2.24, 2.45) is 0 Å². The van der Waals surface area contributed by atoms with Crippen molar-refractivity contribution in [1.82, 2.24) is 5.32 Å². The van der Waals surface area contributed by atoms with Crippen molar-refractivity contribution in [3.05, 3.63) is 24.3 Å². The summed E-state index contributed by atoms with van der Waals surface area (Å²) in [5.41, 5.74) is 0. The number of esters is 1. The molecule has 0 aromatic rings. The zero-order valence-corrected chi connectivity index (χ0v) is 61.4. The lowest BCUT2D eigenvalue weighted by Gasteiger charge is -2.20. The van der Waals surface area contributed by atoms with E-state index in [1.165, 1.54) is 411 Å². The molecular formula is C84H163NO5. The number of amides is 1. The molecule has 0 heterocycles. The molecule has 90 heavy (non-hydrogen) atoms. The Morgan fingerprint density at radius 2 is 0.522 bits per heavy atom. The van der Waals surface area contributed by atoms with Crippen molar-refractivity contribution < 1.29 is 24.5 Å². The van der Waals surface area contributed by atoms with Gasteiger partial charge in [-0.2, -0.15) is 0 Å². The number of unbranched alkanes of at least 4 members (excludes halogenated alkanes) is 66. The van der Waals surface area contributed by atoms with Gasteiger partial charge in [0.05, 0.1) is 25.4 Å². The molecule has 1 amide bonds. The molecule has 6 nitrogen and oxygen atoms in total. The van der Waals surface area contributed by atoms with Gasteiger partial charge in [-0.3, -0.25) is 9.59 Å². The Bertz CT molecular complexity index is 1410. The number of allylic oxidation sites excluding steroid dienone is 3. The minimum absolute atomic E-state index is 0.0248. The molecular weight excluding hydrogens is 1100 g/mol. The summed E-state index contributed by atoms with van der Waals surface area (Å²) < 4.78 is 5.50. The maximum Gasteiger partial charge on any atom is 0.305 e. The van der Waals surface area contributed by atoms with Crippen molar-refractivity contribution in [2.75, 3.05) is 13.2 Å². The van der Waals surface area contributed by atoms with Crippen LogP contribution >= 0.6 is 0 Å². The smallest absolute Gasteiger partial charge is 0.305 e. The van der Waals surface area contributed by atoms with Crippen molar-refractivity contribution in [3.8, 4) is 0 Å². The van der Waals surface area contributed by atoms with E-state index in [4.69, 9.17) is 4.74 Å². The fraction of sp³-hybridized carbons (Fsp3) is 0.929. The van der Waals surface area contributed by atoms with Gasteiger partial charge in [-0.25, -0.2) is 0 Å². The highest BCUT2D eigenvalue weighted by atomic mass is 16.5. The average Bonchev–Trinajstić information content (AvgIpc) is 3.55. The standard InChI is InChI=1S/C84H163NO5/c1-3-5-7-9-11-13-15-17-18-19-20-40-43-46-49-53-56-60-64-68-72-76-82(87)81(80-86)85-83(88)77-73-69-65-61-57-54-50-47-44-41-38-36-34-32-30-28-26-24-22-21-23-25-27-29-31-33-35-37-39-42-45-48-51-55-59-63-67-71-75-79-90-84(89)78-74-70-66-62-58-52-16-14-12-10-8-6-4-2/h21-22,72,76,81-82,86-87H,3-20,23-71,73-75,77-80H2,1-2H3,(H,85,88)/b22-21-,76-72+. The van der Waals surface area contributed by atoms with Crippen LogP contribution in [0.25, 0.3) is 0 Å². The number of carbonyl (C=O) groups excluding carboxylic acids is 2. The molecule has 0 saturated heterocycles. The Morgan fingerprint density at radius 3 is 0.789 bits per heavy atom. The van der Waals surface area contributed by atoms with Crippen molar-refractivity contribution in [2.45, 2.75) is 488 Å². The second-order valence-corrected chi connectivity index (χ2v) is 28.8. The fourth-order valence-electron chi connectivity index (χ4n) is 13.4. The van der Waals surface area contributed by atoms with Gasteiger partial charge >= 0.3 is 5.97 Å². The van der Waals surface area contributed by atoms with Crippen LogP contribution in [0.4, 0.5) is 0 Å². The summed E-state index contributed by atoms with van der Waals surface area (Å²) in [7, 11) is 0. The maximum absolute atomic E-state index is 12.5. The van der Waals surface area contributed by atoms with E-state index in [1.807, 2.05) is 6.08 Å². The number of carbonyl (C=O) groups is 2. The second kappa shape index (κ2) is 79.8. The van der Waals surface area contributed by atoms with E-state index in [0.29, 0.717) is 19.4 Å². The van der Waals surface area contributed by atoms with Crippen molar-refractivity contribution in [3.63, 3.8) is 0 Å². The summed E-state index contributed by atoms with van der Waals surface area (Å²) in [6.45, 7) is 4.96. The molecule has 6 heteroatoms. The van der Waals surface area contributed by atoms with E-state index < -0.39 is 12.1 Å². The number of aliphatic hydroxyl groups excluding tert-OH is 2. The van der Waals surface area contributed by atoms with E-state index in [0.717, 1.165) is 38.5 Å². The first-order chi connectivity index (χ1) is 44.5. The lowest BCUT2D eigenvalue weighted by molar-refractivity contribution is -0.143. The van der Waals surface area contributed by atoms with Crippen LogP contribution in [0.15, 0.2) is 24.3 Å². The molecule has 2 atom stereocenters. The van der Waals surface area contributed by atoms with Crippen LogP contribution in [0.2, 0.25) is 0 Å². The van der Waals surface area contributed by atoms with Crippen LogP contribution in [0, 0.1) is 0 Å². The molecule has 0 aliphatic rings. The first-order valence-corrected chi connectivity index (χ1v) is 41.6.